The molecule has 3 amide bonds. The Morgan fingerprint density at radius 1 is 1.08 bits per heavy atom. The topological polar surface area (TPSA) is 66.5 Å². The van der Waals surface area contributed by atoms with Crippen LogP contribution in [0.15, 0.2) is 46.9 Å². The number of hydrogen-bond acceptors (Lipinski definition) is 3. The van der Waals surface area contributed by atoms with Crippen LogP contribution in [0.25, 0.3) is 0 Å². The van der Waals surface area contributed by atoms with Crippen molar-refractivity contribution >= 4 is 39.3 Å². The number of imide groups is 1. The van der Waals surface area contributed by atoms with Crippen molar-refractivity contribution in [2.24, 2.45) is 0 Å². The van der Waals surface area contributed by atoms with Crippen molar-refractivity contribution in [3.63, 3.8) is 0 Å². The van der Waals surface area contributed by atoms with E-state index >= 15 is 0 Å². The summed E-state index contributed by atoms with van der Waals surface area (Å²) >= 11 is 3.15. The molecule has 0 radical (unpaired) electrons. The molecule has 1 aliphatic heterocycles. The van der Waals surface area contributed by atoms with Crippen LogP contribution >= 0.6 is 15.9 Å². The molecule has 1 heterocycles. The zero-order valence-corrected chi connectivity index (χ0v) is 14.7. The lowest BCUT2D eigenvalue weighted by Gasteiger charge is -2.14. The Kier molecular flexibility index (Phi) is 4.94. The van der Waals surface area contributed by atoms with Gasteiger partial charge in [-0.2, -0.15) is 0 Å². The Balaban J connectivity index is 1.67. The van der Waals surface area contributed by atoms with Gasteiger partial charge in [0.1, 0.15) is 5.82 Å². The molecule has 0 aromatic heterocycles. The highest BCUT2D eigenvalue weighted by atomic mass is 79.9. The Morgan fingerprint density at radius 3 is 2.32 bits per heavy atom. The minimum absolute atomic E-state index is 0.168. The summed E-state index contributed by atoms with van der Waals surface area (Å²) < 4.78 is 13.8. The van der Waals surface area contributed by atoms with Crippen molar-refractivity contribution in [1.82, 2.24) is 4.90 Å². The van der Waals surface area contributed by atoms with E-state index in [1.54, 1.807) is 24.3 Å². The Morgan fingerprint density at radius 2 is 1.72 bits per heavy atom. The fourth-order valence-corrected chi connectivity index (χ4v) is 3.03. The summed E-state index contributed by atoms with van der Waals surface area (Å²) in [6.45, 7) is 0.225. The fraction of sp³-hybridized carbons (Fsp3) is 0.167. The third-order valence-electron chi connectivity index (χ3n) is 3.83. The molecule has 0 aliphatic carbocycles. The van der Waals surface area contributed by atoms with Gasteiger partial charge in [0.15, 0.2) is 0 Å². The van der Waals surface area contributed by atoms with Crippen LogP contribution in [-0.2, 0) is 16.1 Å². The minimum atomic E-state index is -0.505. The van der Waals surface area contributed by atoms with Gasteiger partial charge in [0.25, 0.3) is 5.91 Å². The summed E-state index contributed by atoms with van der Waals surface area (Å²) in [5.74, 6) is -1.27. The Bertz CT molecular complexity index is 816. The number of rotatable bonds is 4. The first-order chi connectivity index (χ1) is 11.9. The van der Waals surface area contributed by atoms with E-state index < -0.39 is 11.7 Å². The largest absolute Gasteiger partial charge is 0.322 e. The van der Waals surface area contributed by atoms with Crippen LogP contribution < -0.4 is 5.32 Å². The highest BCUT2D eigenvalue weighted by Gasteiger charge is 2.28. The summed E-state index contributed by atoms with van der Waals surface area (Å²) in [5.41, 5.74) is 1.52. The van der Waals surface area contributed by atoms with Gasteiger partial charge in [-0.15, -0.1) is 0 Å². The van der Waals surface area contributed by atoms with E-state index in [1.807, 2.05) is 0 Å². The van der Waals surface area contributed by atoms with Gasteiger partial charge in [0, 0.05) is 28.6 Å². The summed E-state index contributed by atoms with van der Waals surface area (Å²) in [5, 5.41) is 2.68. The second kappa shape index (κ2) is 7.14. The molecule has 1 fully saturated rings. The lowest BCUT2D eigenvalue weighted by molar-refractivity contribution is -0.139. The zero-order chi connectivity index (χ0) is 18.0. The maximum Gasteiger partial charge on any atom is 0.255 e. The van der Waals surface area contributed by atoms with Gasteiger partial charge in [-0.3, -0.25) is 19.3 Å². The number of anilines is 1. The molecule has 0 spiro atoms. The smallest absolute Gasteiger partial charge is 0.255 e. The predicted octanol–water partition coefficient (Wildman–Crippen LogP) is 3.49. The molecule has 1 N–H and O–H groups in total. The van der Waals surface area contributed by atoms with E-state index in [-0.39, 0.29) is 36.8 Å². The Labute approximate surface area is 151 Å². The molecule has 25 heavy (non-hydrogen) atoms. The first-order valence-electron chi connectivity index (χ1n) is 7.62. The predicted molar refractivity (Wildman–Crippen MR) is 93.3 cm³/mol. The SMILES string of the molecule is O=C(Nc1ccc(CN2C(=O)CCC2=O)cc1)c1cc(F)cc(Br)c1. The van der Waals surface area contributed by atoms with Crippen molar-refractivity contribution < 1.29 is 18.8 Å². The van der Waals surface area contributed by atoms with E-state index in [1.165, 1.54) is 17.0 Å². The molecule has 5 nitrogen and oxygen atoms in total. The monoisotopic (exact) mass is 404 g/mol. The first kappa shape index (κ1) is 17.3. The number of halogens is 2. The van der Waals surface area contributed by atoms with Crippen molar-refractivity contribution in [2.45, 2.75) is 19.4 Å². The van der Waals surface area contributed by atoms with Crippen molar-refractivity contribution in [1.29, 1.82) is 0 Å². The molecule has 0 unspecified atom stereocenters. The van der Waals surface area contributed by atoms with Crippen LogP contribution in [0.2, 0.25) is 0 Å². The van der Waals surface area contributed by atoms with Gasteiger partial charge in [0.05, 0.1) is 6.54 Å². The number of nitrogens with zero attached hydrogens (tertiary/aromatic N) is 1. The molecule has 0 bridgehead atoms. The van der Waals surface area contributed by atoms with Gasteiger partial charge in [-0.05, 0) is 35.9 Å². The third kappa shape index (κ3) is 4.11. The zero-order valence-electron chi connectivity index (χ0n) is 13.1. The molecular weight excluding hydrogens is 391 g/mol. The molecule has 128 valence electrons. The van der Waals surface area contributed by atoms with Crippen molar-refractivity contribution in [3.05, 3.63) is 63.9 Å². The third-order valence-corrected chi connectivity index (χ3v) is 4.29. The first-order valence-corrected chi connectivity index (χ1v) is 8.41. The molecule has 1 saturated heterocycles. The molecule has 3 rings (SSSR count). The van der Waals surface area contributed by atoms with Gasteiger partial charge in [0.2, 0.25) is 11.8 Å². The minimum Gasteiger partial charge on any atom is -0.322 e. The van der Waals surface area contributed by atoms with Gasteiger partial charge in [-0.25, -0.2) is 4.39 Å². The lowest BCUT2D eigenvalue weighted by atomic mass is 10.1. The maximum absolute atomic E-state index is 13.4. The van der Waals surface area contributed by atoms with Crippen LogP contribution in [0.5, 0.6) is 0 Å². The van der Waals surface area contributed by atoms with Crippen LogP contribution in [0.1, 0.15) is 28.8 Å². The molecule has 7 heteroatoms. The molecule has 2 aromatic carbocycles. The van der Waals surface area contributed by atoms with Crippen molar-refractivity contribution in [2.75, 3.05) is 5.32 Å². The summed E-state index contributed by atoms with van der Waals surface area (Å²) in [6, 6.07) is 10.8. The Hall–Kier alpha value is -2.54. The second-order valence-electron chi connectivity index (χ2n) is 5.68. The average molecular weight is 405 g/mol. The van der Waals surface area contributed by atoms with Gasteiger partial charge < -0.3 is 5.32 Å². The summed E-state index contributed by atoms with van der Waals surface area (Å²) in [6.07, 6.45) is 0.520. The number of benzene rings is 2. The number of likely N-dealkylation sites (tertiary alicyclic amines) is 1. The standard InChI is InChI=1S/C18H14BrFN2O3/c19-13-7-12(8-14(20)9-13)18(25)21-15-3-1-11(2-4-15)10-22-16(23)5-6-17(22)24/h1-4,7-9H,5-6,10H2,(H,21,25). The van der Waals surface area contributed by atoms with Gasteiger partial charge >= 0.3 is 0 Å². The van der Waals surface area contributed by atoms with E-state index in [9.17, 15) is 18.8 Å². The van der Waals surface area contributed by atoms with E-state index in [0.717, 1.165) is 11.6 Å². The maximum atomic E-state index is 13.4. The highest BCUT2D eigenvalue weighted by Crippen LogP contribution is 2.19. The number of amides is 3. The molecule has 2 aromatic rings. The quantitative estimate of drug-likeness (QED) is 0.793. The number of nitrogens with one attached hydrogen (secondary N) is 1. The summed E-state index contributed by atoms with van der Waals surface area (Å²) in [7, 11) is 0. The van der Waals surface area contributed by atoms with Crippen molar-refractivity contribution in [3.8, 4) is 0 Å². The number of hydrogen-bond donors (Lipinski definition) is 1. The normalized spacial score (nSPS) is 14.1. The average Bonchev–Trinajstić information content (AvgIpc) is 2.87. The van der Waals surface area contributed by atoms with Gasteiger partial charge in [-0.1, -0.05) is 28.1 Å². The molecule has 1 aliphatic rings. The van der Waals surface area contributed by atoms with Crippen LogP contribution in [-0.4, -0.2) is 22.6 Å². The van der Waals surface area contributed by atoms with Crippen LogP contribution in [0, 0.1) is 5.82 Å². The van der Waals surface area contributed by atoms with Crippen LogP contribution in [0.3, 0.4) is 0 Å². The lowest BCUT2D eigenvalue weighted by Crippen LogP contribution is -2.28. The number of carbonyl (C=O) groups is 3. The number of carbonyl (C=O) groups excluding carboxylic acids is 3. The molecule has 0 atom stereocenters. The molecular formula is C18H14BrFN2O3. The highest BCUT2D eigenvalue weighted by molar-refractivity contribution is 9.10. The van der Waals surface area contributed by atoms with E-state index in [0.29, 0.717) is 10.2 Å². The second-order valence-corrected chi connectivity index (χ2v) is 6.60. The van der Waals surface area contributed by atoms with Crippen LogP contribution in [0.4, 0.5) is 10.1 Å². The van der Waals surface area contributed by atoms with E-state index in [4.69, 9.17) is 0 Å². The fourth-order valence-electron chi connectivity index (χ4n) is 2.56. The molecule has 0 saturated carbocycles. The summed E-state index contributed by atoms with van der Waals surface area (Å²) in [4.78, 5) is 36.7. The van der Waals surface area contributed by atoms with E-state index in [2.05, 4.69) is 21.2 Å².